The third-order valence-corrected chi connectivity index (χ3v) is 4.66. The van der Waals surface area contributed by atoms with Gasteiger partial charge in [0.2, 0.25) is 0 Å². The fraction of sp³-hybridized carbons (Fsp3) is 0.304. The molecule has 28 heavy (non-hydrogen) atoms. The number of benzene rings is 2. The Kier molecular flexibility index (Phi) is 6.46. The number of terminal acetylenes is 1. The van der Waals surface area contributed by atoms with Crippen molar-refractivity contribution in [3.05, 3.63) is 65.2 Å². The van der Waals surface area contributed by atoms with Crippen LogP contribution in [-0.2, 0) is 16.1 Å². The topological polar surface area (TPSA) is 58.6 Å². The van der Waals surface area contributed by atoms with Gasteiger partial charge in [-0.3, -0.25) is 9.59 Å². The van der Waals surface area contributed by atoms with Crippen LogP contribution in [0.25, 0.3) is 0 Å². The SMILES string of the molecule is C#CCN(Cc1ccc(C)cc1)C(=O)c1cccc(NC(=O)C2CCCO2)c1. The molecule has 1 N–H and O–H groups in total. The first-order chi connectivity index (χ1) is 13.6. The standard InChI is InChI=1S/C23H24N2O3/c1-3-13-25(16-18-11-9-17(2)10-12-18)23(27)19-6-4-7-20(15-19)24-22(26)21-8-5-14-28-21/h1,4,6-7,9-12,15,21H,5,8,13-14,16H2,2H3,(H,24,26). The van der Waals surface area contributed by atoms with E-state index in [4.69, 9.17) is 11.2 Å². The summed E-state index contributed by atoms with van der Waals surface area (Å²) in [5.41, 5.74) is 3.22. The summed E-state index contributed by atoms with van der Waals surface area (Å²) in [6.07, 6.45) is 6.66. The normalized spacial score (nSPS) is 15.6. The molecular weight excluding hydrogens is 352 g/mol. The number of anilines is 1. The molecule has 0 saturated carbocycles. The molecular formula is C23H24N2O3. The van der Waals surface area contributed by atoms with Gasteiger partial charge >= 0.3 is 0 Å². The van der Waals surface area contributed by atoms with E-state index in [-0.39, 0.29) is 18.4 Å². The first kappa shape index (κ1) is 19.7. The first-order valence-electron chi connectivity index (χ1n) is 9.37. The molecule has 1 aliphatic heterocycles. The molecule has 0 radical (unpaired) electrons. The zero-order valence-corrected chi connectivity index (χ0v) is 16.0. The van der Waals surface area contributed by atoms with E-state index in [2.05, 4.69) is 11.2 Å². The molecule has 5 heteroatoms. The molecule has 1 unspecified atom stereocenters. The van der Waals surface area contributed by atoms with Crippen molar-refractivity contribution in [1.82, 2.24) is 4.90 Å². The fourth-order valence-electron chi connectivity index (χ4n) is 3.14. The highest BCUT2D eigenvalue weighted by Crippen LogP contribution is 2.18. The van der Waals surface area contributed by atoms with Gasteiger partial charge in [-0.1, -0.05) is 41.8 Å². The van der Waals surface area contributed by atoms with Gasteiger partial charge in [0.25, 0.3) is 11.8 Å². The van der Waals surface area contributed by atoms with Crippen LogP contribution in [0.15, 0.2) is 48.5 Å². The number of carbonyl (C=O) groups is 2. The van der Waals surface area contributed by atoms with Gasteiger partial charge in [0, 0.05) is 24.4 Å². The largest absolute Gasteiger partial charge is 0.368 e. The van der Waals surface area contributed by atoms with Crippen LogP contribution in [0.1, 0.15) is 34.3 Å². The van der Waals surface area contributed by atoms with Gasteiger partial charge in [0.1, 0.15) is 6.10 Å². The van der Waals surface area contributed by atoms with Crippen LogP contribution < -0.4 is 5.32 Å². The summed E-state index contributed by atoms with van der Waals surface area (Å²) in [6, 6.07) is 14.9. The molecule has 0 bridgehead atoms. The quantitative estimate of drug-likeness (QED) is 0.786. The summed E-state index contributed by atoms with van der Waals surface area (Å²) in [7, 11) is 0. The van der Waals surface area contributed by atoms with Gasteiger partial charge in [-0.15, -0.1) is 6.42 Å². The Morgan fingerprint density at radius 1 is 1.25 bits per heavy atom. The zero-order chi connectivity index (χ0) is 19.9. The molecule has 1 atom stereocenters. The lowest BCUT2D eigenvalue weighted by atomic mass is 10.1. The fourth-order valence-corrected chi connectivity index (χ4v) is 3.14. The Bertz CT molecular complexity index is 877. The summed E-state index contributed by atoms with van der Waals surface area (Å²) in [4.78, 5) is 26.9. The zero-order valence-electron chi connectivity index (χ0n) is 16.0. The Balaban J connectivity index is 1.72. The van der Waals surface area contributed by atoms with Crippen molar-refractivity contribution in [2.45, 2.75) is 32.4 Å². The van der Waals surface area contributed by atoms with Crippen molar-refractivity contribution in [2.75, 3.05) is 18.5 Å². The van der Waals surface area contributed by atoms with Crippen LogP contribution in [0.3, 0.4) is 0 Å². The van der Waals surface area contributed by atoms with E-state index < -0.39 is 6.10 Å². The van der Waals surface area contributed by atoms with E-state index in [1.54, 1.807) is 29.2 Å². The van der Waals surface area contributed by atoms with Crippen molar-refractivity contribution in [1.29, 1.82) is 0 Å². The minimum Gasteiger partial charge on any atom is -0.368 e. The molecule has 1 fully saturated rings. The lowest BCUT2D eigenvalue weighted by molar-refractivity contribution is -0.124. The number of hydrogen-bond donors (Lipinski definition) is 1. The molecule has 5 nitrogen and oxygen atoms in total. The van der Waals surface area contributed by atoms with Gasteiger partial charge in [-0.25, -0.2) is 0 Å². The van der Waals surface area contributed by atoms with E-state index in [0.717, 1.165) is 24.0 Å². The maximum Gasteiger partial charge on any atom is 0.255 e. The minimum atomic E-state index is -0.418. The number of nitrogens with one attached hydrogen (secondary N) is 1. The van der Waals surface area contributed by atoms with Crippen LogP contribution in [-0.4, -0.2) is 36.0 Å². The average molecular weight is 376 g/mol. The van der Waals surface area contributed by atoms with Gasteiger partial charge in [-0.05, 0) is 43.5 Å². The highest BCUT2D eigenvalue weighted by molar-refractivity contribution is 5.98. The Labute approximate surface area is 165 Å². The Morgan fingerprint density at radius 3 is 2.71 bits per heavy atom. The van der Waals surface area contributed by atoms with E-state index in [0.29, 0.717) is 24.4 Å². The van der Waals surface area contributed by atoms with Gasteiger partial charge in [0.05, 0.1) is 6.54 Å². The molecule has 2 aromatic carbocycles. The Morgan fingerprint density at radius 2 is 2.04 bits per heavy atom. The van der Waals surface area contributed by atoms with Crippen molar-refractivity contribution in [3.63, 3.8) is 0 Å². The molecule has 0 aliphatic carbocycles. The monoisotopic (exact) mass is 376 g/mol. The van der Waals surface area contributed by atoms with Crippen LogP contribution >= 0.6 is 0 Å². The predicted molar refractivity (Wildman–Crippen MR) is 109 cm³/mol. The summed E-state index contributed by atoms with van der Waals surface area (Å²) in [6.45, 7) is 3.26. The number of nitrogens with zero attached hydrogens (tertiary/aromatic N) is 1. The number of carbonyl (C=O) groups excluding carboxylic acids is 2. The molecule has 0 spiro atoms. The highest BCUT2D eigenvalue weighted by atomic mass is 16.5. The summed E-state index contributed by atoms with van der Waals surface area (Å²) >= 11 is 0. The number of hydrogen-bond acceptors (Lipinski definition) is 3. The van der Waals surface area contributed by atoms with Crippen LogP contribution in [0.5, 0.6) is 0 Å². The van der Waals surface area contributed by atoms with Crippen molar-refractivity contribution < 1.29 is 14.3 Å². The van der Waals surface area contributed by atoms with Crippen LogP contribution in [0.4, 0.5) is 5.69 Å². The summed E-state index contributed by atoms with van der Waals surface area (Å²) in [5.74, 6) is 2.20. The maximum atomic E-state index is 13.0. The van der Waals surface area contributed by atoms with E-state index in [1.165, 1.54) is 0 Å². The predicted octanol–water partition coefficient (Wildman–Crippen LogP) is 3.39. The van der Waals surface area contributed by atoms with Crippen molar-refractivity contribution in [2.24, 2.45) is 0 Å². The molecule has 1 aliphatic rings. The molecule has 0 aromatic heterocycles. The van der Waals surface area contributed by atoms with Crippen molar-refractivity contribution in [3.8, 4) is 12.3 Å². The maximum absolute atomic E-state index is 13.0. The van der Waals surface area contributed by atoms with Crippen LogP contribution in [0.2, 0.25) is 0 Å². The second kappa shape index (κ2) is 9.20. The molecule has 2 amide bonds. The van der Waals surface area contributed by atoms with Gasteiger partial charge in [0.15, 0.2) is 0 Å². The number of amides is 2. The third-order valence-electron chi connectivity index (χ3n) is 4.66. The minimum absolute atomic E-state index is 0.174. The van der Waals surface area contributed by atoms with Crippen LogP contribution in [0, 0.1) is 19.3 Å². The summed E-state index contributed by atoms with van der Waals surface area (Å²) < 4.78 is 5.40. The first-order valence-corrected chi connectivity index (χ1v) is 9.37. The van der Waals surface area contributed by atoms with E-state index in [1.807, 2.05) is 31.2 Å². The molecule has 144 valence electrons. The lowest BCUT2D eigenvalue weighted by Crippen LogP contribution is -2.31. The second-order valence-electron chi connectivity index (χ2n) is 6.92. The number of ether oxygens (including phenoxy) is 1. The van der Waals surface area contributed by atoms with Gasteiger partial charge < -0.3 is 15.0 Å². The molecule has 1 heterocycles. The molecule has 1 saturated heterocycles. The van der Waals surface area contributed by atoms with Gasteiger partial charge in [-0.2, -0.15) is 0 Å². The van der Waals surface area contributed by atoms with E-state index in [9.17, 15) is 9.59 Å². The average Bonchev–Trinajstić information content (AvgIpc) is 3.24. The lowest BCUT2D eigenvalue weighted by Gasteiger charge is -2.21. The number of aryl methyl sites for hydroxylation is 1. The third kappa shape index (κ3) is 4.99. The number of rotatable bonds is 6. The van der Waals surface area contributed by atoms with Crippen molar-refractivity contribution >= 4 is 17.5 Å². The molecule has 3 rings (SSSR count). The smallest absolute Gasteiger partial charge is 0.255 e. The Hall–Kier alpha value is -3.10. The van der Waals surface area contributed by atoms with E-state index >= 15 is 0 Å². The molecule has 2 aromatic rings. The highest BCUT2D eigenvalue weighted by Gasteiger charge is 2.24. The summed E-state index contributed by atoms with van der Waals surface area (Å²) in [5, 5.41) is 2.83. The second-order valence-corrected chi connectivity index (χ2v) is 6.92.